The molecule has 0 aromatic rings. The number of carbonyl (C=O) groups is 1. The SMILES string of the molecule is N#CCCN(C(=O)C1CCCO1)C1CC1. The number of nitrogens with zero attached hydrogens (tertiary/aromatic N) is 2. The van der Waals surface area contributed by atoms with Crippen molar-refractivity contribution in [3.8, 4) is 6.07 Å². The van der Waals surface area contributed by atoms with E-state index in [0.29, 0.717) is 25.6 Å². The highest BCUT2D eigenvalue weighted by molar-refractivity contribution is 5.81. The third-order valence-electron chi connectivity index (χ3n) is 2.94. The van der Waals surface area contributed by atoms with Crippen molar-refractivity contribution < 1.29 is 9.53 Å². The molecule has 4 nitrogen and oxygen atoms in total. The Kier molecular flexibility index (Phi) is 3.22. The zero-order valence-electron chi connectivity index (χ0n) is 8.82. The molecule has 0 bridgehead atoms. The number of carbonyl (C=O) groups excluding carboxylic acids is 1. The molecule has 1 saturated carbocycles. The summed E-state index contributed by atoms with van der Waals surface area (Å²) < 4.78 is 5.38. The van der Waals surface area contributed by atoms with Gasteiger partial charge in [0.1, 0.15) is 6.10 Å². The highest BCUT2D eigenvalue weighted by Gasteiger charge is 2.36. The van der Waals surface area contributed by atoms with Crippen molar-refractivity contribution in [2.75, 3.05) is 13.2 Å². The van der Waals surface area contributed by atoms with Gasteiger partial charge in [0, 0.05) is 19.2 Å². The fraction of sp³-hybridized carbons (Fsp3) is 0.818. The standard InChI is InChI=1S/C11H16N2O2/c12-6-2-7-13(9-4-5-9)11(14)10-3-1-8-15-10/h9-10H,1-5,7-8H2. The predicted octanol–water partition coefficient (Wildman–Crippen LogP) is 1.07. The van der Waals surface area contributed by atoms with Crippen LogP contribution in [0.2, 0.25) is 0 Å². The van der Waals surface area contributed by atoms with Crippen molar-refractivity contribution in [3.63, 3.8) is 0 Å². The first kappa shape index (κ1) is 10.4. The third-order valence-corrected chi connectivity index (χ3v) is 2.94. The van der Waals surface area contributed by atoms with Crippen molar-refractivity contribution in [3.05, 3.63) is 0 Å². The van der Waals surface area contributed by atoms with Crippen molar-refractivity contribution in [1.82, 2.24) is 4.90 Å². The zero-order chi connectivity index (χ0) is 10.7. The van der Waals surface area contributed by atoms with E-state index in [9.17, 15) is 4.79 Å². The average molecular weight is 208 g/mol. The van der Waals surface area contributed by atoms with Gasteiger partial charge in [0.25, 0.3) is 5.91 Å². The summed E-state index contributed by atoms with van der Waals surface area (Å²) in [7, 11) is 0. The van der Waals surface area contributed by atoms with Gasteiger partial charge in [-0.2, -0.15) is 5.26 Å². The number of hydrogen-bond acceptors (Lipinski definition) is 3. The number of nitriles is 1. The smallest absolute Gasteiger partial charge is 0.251 e. The first-order valence-electron chi connectivity index (χ1n) is 5.62. The van der Waals surface area contributed by atoms with Crippen molar-refractivity contribution in [2.45, 2.75) is 44.2 Å². The van der Waals surface area contributed by atoms with Crippen LogP contribution in [0, 0.1) is 11.3 Å². The topological polar surface area (TPSA) is 53.3 Å². The van der Waals surface area contributed by atoms with Gasteiger partial charge in [-0.15, -0.1) is 0 Å². The molecule has 0 radical (unpaired) electrons. The highest BCUT2D eigenvalue weighted by Crippen LogP contribution is 2.29. The molecule has 4 heteroatoms. The molecule has 0 aromatic heterocycles. The van der Waals surface area contributed by atoms with E-state index in [1.54, 1.807) is 0 Å². The van der Waals surface area contributed by atoms with E-state index in [1.807, 2.05) is 4.90 Å². The molecular formula is C11H16N2O2. The summed E-state index contributed by atoms with van der Waals surface area (Å²) in [6.45, 7) is 1.27. The zero-order valence-corrected chi connectivity index (χ0v) is 8.82. The number of ether oxygens (including phenoxy) is 1. The van der Waals surface area contributed by atoms with E-state index < -0.39 is 0 Å². The Labute approximate surface area is 89.8 Å². The third kappa shape index (κ3) is 2.48. The summed E-state index contributed by atoms with van der Waals surface area (Å²) in [4.78, 5) is 13.9. The van der Waals surface area contributed by atoms with Crippen LogP contribution in [0.15, 0.2) is 0 Å². The maximum atomic E-state index is 12.0. The van der Waals surface area contributed by atoms with Gasteiger partial charge in [-0.3, -0.25) is 4.79 Å². The van der Waals surface area contributed by atoms with E-state index >= 15 is 0 Å². The number of hydrogen-bond donors (Lipinski definition) is 0. The van der Waals surface area contributed by atoms with Crippen LogP contribution in [0.1, 0.15) is 32.1 Å². The van der Waals surface area contributed by atoms with Gasteiger partial charge < -0.3 is 9.64 Å². The summed E-state index contributed by atoms with van der Waals surface area (Å²) in [5.41, 5.74) is 0. The Morgan fingerprint density at radius 1 is 1.47 bits per heavy atom. The van der Waals surface area contributed by atoms with Gasteiger partial charge in [0.2, 0.25) is 0 Å². The number of amides is 1. The van der Waals surface area contributed by atoms with E-state index in [-0.39, 0.29) is 12.0 Å². The van der Waals surface area contributed by atoms with Gasteiger partial charge in [-0.05, 0) is 25.7 Å². The van der Waals surface area contributed by atoms with E-state index in [4.69, 9.17) is 10.00 Å². The van der Waals surface area contributed by atoms with Crippen LogP contribution in [0.5, 0.6) is 0 Å². The maximum absolute atomic E-state index is 12.0. The van der Waals surface area contributed by atoms with Crippen molar-refractivity contribution in [1.29, 1.82) is 5.26 Å². The van der Waals surface area contributed by atoms with Gasteiger partial charge in [0.15, 0.2) is 0 Å². The molecule has 1 aliphatic heterocycles. The Hall–Kier alpha value is -1.08. The maximum Gasteiger partial charge on any atom is 0.251 e. The Bertz CT molecular complexity index is 275. The molecule has 1 heterocycles. The van der Waals surface area contributed by atoms with Crippen LogP contribution >= 0.6 is 0 Å². The lowest BCUT2D eigenvalue weighted by Gasteiger charge is -2.24. The average Bonchev–Trinajstić information content (AvgIpc) is 2.94. The molecule has 0 aromatic carbocycles. The summed E-state index contributed by atoms with van der Waals surface area (Å²) >= 11 is 0. The van der Waals surface area contributed by atoms with E-state index in [0.717, 1.165) is 25.7 Å². The minimum absolute atomic E-state index is 0.102. The van der Waals surface area contributed by atoms with Crippen LogP contribution < -0.4 is 0 Å². The Morgan fingerprint density at radius 3 is 2.80 bits per heavy atom. The van der Waals surface area contributed by atoms with E-state index in [1.165, 1.54) is 0 Å². The molecule has 82 valence electrons. The summed E-state index contributed by atoms with van der Waals surface area (Å²) in [5, 5.41) is 8.55. The molecule has 1 atom stereocenters. The second kappa shape index (κ2) is 4.63. The molecule has 2 fully saturated rings. The van der Waals surface area contributed by atoms with Gasteiger partial charge >= 0.3 is 0 Å². The molecule has 2 aliphatic rings. The molecule has 1 unspecified atom stereocenters. The van der Waals surface area contributed by atoms with Crippen molar-refractivity contribution >= 4 is 5.91 Å². The predicted molar refractivity (Wildman–Crippen MR) is 53.9 cm³/mol. The normalized spacial score (nSPS) is 24.9. The van der Waals surface area contributed by atoms with Crippen LogP contribution in [0.4, 0.5) is 0 Å². The minimum Gasteiger partial charge on any atom is -0.368 e. The molecule has 1 amide bonds. The summed E-state index contributed by atoms with van der Waals surface area (Å²) in [6, 6.07) is 2.48. The van der Waals surface area contributed by atoms with Gasteiger partial charge in [0.05, 0.1) is 12.5 Å². The molecule has 0 spiro atoms. The second-order valence-electron chi connectivity index (χ2n) is 4.17. The molecule has 15 heavy (non-hydrogen) atoms. The summed E-state index contributed by atoms with van der Waals surface area (Å²) in [5.74, 6) is 0.102. The Morgan fingerprint density at radius 2 is 2.27 bits per heavy atom. The Balaban J connectivity index is 1.91. The summed E-state index contributed by atoms with van der Waals surface area (Å²) in [6.07, 6.45) is 4.19. The lowest BCUT2D eigenvalue weighted by atomic mass is 10.2. The van der Waals surface area contributed by atoms with Gasteiger partial charge in [-0.25, -0.2) is 0 Å². The fourth-order valence-electron chi connectivity index (χ4n) is 1.99. The number of rotatable bonds is 4. The second-order valence-corrected chi connectivity index (χ2v) is 4.17. The van der Waals surface area contributed by atoms with Crippen molar-refractivity contribution in [2.24, 2.45) is 0 Å². The van der Waals surface area contributed by atoms with Gasteiger partial charge in [-0.1, -0.05) is 0 Å². The quantitative estimate of drug-likeness (QED) is 0.694. The fourth-order valence-corrected chi connectivity index (χ4v) is 1.99. The molecule has 2 rings (SSSR count). The lowest BCUT2D eigenvalue weighted by molar-refractivity contribution is -0.141. The molecule has 1 saturated heterocycles. The first-order valence-corrected chi connectivity index (χ1v) is 5.62. The first-order chi connectivity index (χ1) is 7.33. The molecule has 0 N–H and O–H groups in total. The monoisotopic (exact) mass is 208 g/mol. The lowest BCUT2D eigenvalue weighted by Crippen LogP contribution is -2.40. The molecular weight excluding hydrogens is 192 g/mol. The van der Waals surface area contributed by atoms with Crippen LogP contribution in [-0.2, 0) is 9.53 Å². The minimum atomic E-state index is -0.232. The largest absolute Gasteiger partial charge is 0.368 e. The van der Waals surface area contributed by atoms with Crippen LogP contribution in [0.3, 0.4) is 0 Å². The van der Waals surface area contributed by atoms with E-state index in [2.05, 4.69) is 6.07 Å². The van der Waals surface area contributed by atoms with Crippen LogP contribution in [-0.4, -0.2) is 36.1 Å². The molecule has 1 aliphatic carbocycles. The highest BCUT2D eigenvalue weighted by atomic mass is 16.5. The van der Waals surface area contributed by atoms with Crippen LogP contribution in [0.25, 0.3) is 0 Å².